The summed E-state index contributed by atoms with van der Waals surface area (Å²) in [6.45, 7) is 3.87. The molecule has 0 saturated carbocycles. The average molecular weight is 310 g/mol. The second-order valence-corrected chi connectivity index (χ2v) is 5.32. The molecule has 3 N–H and O–H groups in total. The number of aromatic amines is 1. The van der Waals surface area contributed by atoms with Gasteiger partial charge < -0.3 is 15.5 Å². The molecule has 6 heteroatoms. The van der Waals surface area contributed by atoms with Crippen molar-refractivity contribution in [3.63, 3.8) is 0 Å². The molecule has 0 aliphatic rings. The van der Waals surface area contributed by atoms with Gasteiger partial charge in [0, 0.05) is 5.56 Å². The van der Waals surface area contributed by atoms with Gasteiger partial charge in [-0.15, -0.1) is 0 Å². The highest BCUT2D eigenvalue weighted by molar-refractivity contribution is 7.71. The number of benzene rings is 1. The Kier molecular flexibility index (Phi) is 4.45. The number of nitrogen functional groups attached to an aromatic ring is 1. The van der Waals surface area contributed by atoms with Crippen LogP contribution in [0.15, 0.2) is 24.3 Å². The number of nitrogens with two attached hydrogens (primary N) is 1. The fourth-order valence-electron chi connectivity index (χ4n) is 2.10. The van der Waals surface area contributed by atoms with E-state index in [1.807, 2.05) is 26.0 Å². The third kappa shape index (κ3) is 2.93. The predicted molar refractivity (Wildman–Crippen MR) is 86.7 cm³/mol. The zero-order valence-electron chi connectivity index (χ0n) is 12.2. The van der Waals surface area contributed by atoms with Crippen molar-refractivity contribution in [3.8, 4) is 29.0 Å². The summed E-state index contributed by atoms with van der Waals surface area (Å²) in [5.41, 5.74) is 7.39. The van der Waals surface area contributed by atoms with Gasteiger partial charge in [0.05, 0.1) is 11.7 Å². The molecule has 0 bridgehead atoms. The summed E-state index contributed by atoms with van der Waals surface area (Å²) >= 11 is 5.12. The van der Waals surface area contributed by atoms with E-state index in [2.05, 4.69) is 4.98 Å². The summed E-state index contributed by atoms with van der Waals surface area (Å²) in [6, 6.07) is 11.2. The number of hydrogen-bond donors (Lipinski definition) is 2. The van der Waals surface area contributed by atoms with Gasteiger partial charge in [-0.3, -0.25) is 0 Å². The molecule has 110 valence electrons. The molecule has 1 heterocycles. The van der Waals surface area contributed by atoms with Crippen molar-refractivity contribution in [1.82, 2.24) is 4.98 Å². The Morgan fingerprint density at radius 2 is 1.73 bits per heavy atom. The molecule has 0 spiro atoms. The van der Waals surface area contributed by atoms with Crippen LogP contribution in [0.1, 0.15) is 25.0 Å². The van der Waals surface area contributed by atoms with Crippen LogP contribution >= 0.6 is 12.2 Å². The Bertz CT molecular complexity index is 839. The van der Waals surface area contributed by atoms with E-state index in [4.69, 9.17) is 22.7 Å². The number of ether oxygens (including phenoxy) is 1. The molecule has 0 fully saturated rings. The van der Waals surface area contributed by atoms with Crippen LogP contribution in [0, 0.1) is 27.3 Å². The molecule has 1 aromatic heterocycles. The molecule has 0 amide bonds. The van der Waals surface area contributed by atoms with E-state index in [0.717, 1.165) is 0 Å². The lowest BCUT2D eigenvalue weighted by Gasteiger charge is -2.12. The lowest BCUT2D eigenvalue weighted by molar-refractivity contribution is 0.242. The topological polar surface area (TPSA) is 98.6 Å². The number of nitrogens with one attached hydrogen (secondary N) is 1. The Balaban J connectivity index is 2.65. The van der Waals surface area contributed by atoms with Crippen LogP contribution in [0.3, 0.4) is 0 Å². The molecule has 0 saturated heterocycles. The number of H-pyrrole nitrogens is 1. The van der Waals surface area contributed by atoms with E-state index in [1.54, 1.807) is 24.3 Å². The molecule has 2 rings (SSSR count). The Morgan fingerprint density at radius 3 is 2.23 bits per heavy atom. The fraction of sp³-hybridized carbons (Fsp3) is 0.188. The first kappa shape index (κ1) is 15.6. The maximum atomic E-state index is 9.33. The first-order valence-corrected chi connectivity index (χ1v) is 7.01. The summed E-state index contributed by atoms with van der Waals surface area (Å²) in [7, 11) is 0. The molecule has 1 aromatic carbocycles. The Labute approximate surface area is 133 Å². The SMILES string of the molecule is CC(C)Oc1ccc(-c2c(C#N)c(N)[nH]c(=S)c2C#N)cc1. The molecule has 2 aromatic rings. The van der Waals surface area contributed by atoms with E-state index in [0.29, 0.717) is 16.9 Å². The van der Waals surface area contributed by atoms with E-state index in [-0.39, 0.29) is 27.7 Å². The van der Waals surface area contributed by atoms with Gasteiger partial charge in [-0.05, 0) is 31.5 Å². The smallest absolute Gasteiger partial charge is 0.123 e. The van der Waals surface area contributed by atoms with Crippen molar-refractivity contribution in [2.24, 2.45) is 0 Å². The molecule has 0 unspecified atom stereocenters. The van der Waals surface area contributed by atoms with Crippen molar-refractivity contribution >= 4 is 18.0 Å². The molecule has 0 aliphatic carbocycles. The third-order valence-corrected chi connectivity index (χ3v) is 3.29. The van der Waals surface area contributed by atoms with Crippen molar-refractivity contribution in [2.75, 3.05) is 5.73 Å². The largest absolute Gasteiger partial charge is 0.491 e. The molecule has 22 heavy (non-hydrogen) atoms. The van der Waals surface area contributed by atoms with Crippen molar-refractivity contribution in [1.29, 1.82) is 10.5 Å². The van der Waals surface area contributed by atoms with Gasteiger partial charge in [-0.25, -0.2) is 0 Å². The highest BCUT2D eigenvalue weighted by atomic mass is 32.1. The highest BCUT2D eigenvalue weighted by Crippen LogP contribution is 2.31. The highest BCUT2D eigenvalue weighted by Gasteiger charge is 2.16. The summed E-state index contributed by atoms with van der Waals surface area (Å²) in [5, 5.41) is 18.7. The number of hydrogen-bond acceptors (Lipinski definition) is 5. The number of nitriles is 2. The lowest BCUT2D eigenvalue weighted by Crippen LogP contribution is -2.05. The van der Waals surface area contributed by atoms with Crippen molar-refractivity contribution < 1.29 is 4.74 Å². The van der Waals surface area contributed by atoms with Gasteiger partial charge in [0.1, 0.15) is 33.9 Å². The zero-order chi connectivity index (χ0) is 16.3. The molecular weight excluding hydrogens is 296 g/mol. The van der Waals surface area contributed by atoms with Crippen LogP contribution in [0.5, 0.6) is 5.75 Å². The summed E-state index contributed by atoms with van der Waals surface area (Å²) in [5.74, 6) is 0.869. The van der Waals surface area contributed by atoms with Crippen LogP contribution in [-0.4, -0.2) is 11.1 Å². The quantitative estimate of drug-likeness (QED) is 0.845. The first-order valence-electron chi connectivity index (χ1n) is 6.61. The van der Waals surface area contributed by atoms with Crippen LogP contribution in [0.25, 0.3) is 11.1 Å². The van der Waals surface area contributed by atoms with Gasteiger partial charge >= 0.3 is 0 Å². The molecule has 0 radical (unpaired) electrons. The lowest BCUT2D eigenvalue weighted by atomic mass is 9.97. The van der Waals surface area contributed by atoms with Gasteiger partial charge in [0.15, 0.2) is 0 Å². The van der Waals surface area contributed by atoms with Gasteiger partial charge in [-0.1, -0.05) is 24.4 Å². The van der Waals surface area contributed by atoms with E-state index < -0.39 is 0 Å². The predicted octanol–water partition coefficient (Wildman–Crippen LogP) is 3.52. The number of nitrogens with zero attached hydrogens (tertiary/aromatic N) is 2. The molecule has 0 aliphatic heterocycles. The van der Waals surface area contributed by atoms with Gasteiger partial charge in [0.2, 0.25) is 0 Å². The Morgan fingerprint density at radius 1 is 1.14 bits per heavy atom. The maximum Gasteiger partial charge on any atom is 0.123 e. The number of anilines is 1. The van der Waals surface area contributed by atoms with Gasteiger partial charge in [0.25, 0.3) is 0 Å². The number of aromatic nitrogens is 1. The summed E-state index contributed by atoms with van der Waals surface area (Å²) in [6.07, 6.45) is 0.0661. The monoisotopic (exact) mass is 310 g/mol. The Hall–Kier alpha value is -2.83. The van der Waals surface area contributed by atoms with Crippen LogP contribution < -0.4 is 10.5 Å². The van der Waals surface area contributed by atoms with Crippen LogP contribution in [-0.2, 0) is 0 Å². The standard InChI is InChI=1S/C16H14N4OS/c1-9(2)21-11-5-3-10(4-6-11)14-12(7-17)15(19)20-16(22)13(14)8-18/h3-6,9H,1-2H3,(H3,19,20,22). The second-order valence-electron chi connectivity index (χ2n) is 4.91. The minimum atomic E-state index is 0.0661. The summed E-state index contributed by atoms with van der Waals surface area (Å²) < 4.78 is 5.80. The fourth-order valence-corrected chi connectivity index (χ4v) is 2.36. The molecule has 5 nitrogen and oxygen atoms in total. The summed E-state index contributed by atoms with van der Waals surface area (Å²) in [4.78, 5) is 2.68. The van der Waals surface area contributed by atoms with Gasteiger partial charge in [-0.2, -0.15) is 10.5 Å². The third-order valence-electron chi connectivity index (χ3n) is 2.98. The van der Waals surface area contributed by atoms with Crippen LogP contribution in [0.2, 0.25) is 0 Å². The first-order chi connectivity index (χ1) is 10.5. The second kappa shape index (κ2) is 6.30. The minimum Gasteiger partial charge on any atom is -0.491 e. The zero-order valence-corrected chi connectivity index (χ0v) is 13.0. The van der Waals surface area contributed by atoms with E-state index in [1.165, 1.54) is 0 Å². The number of rotatable bonds is 3. The van der Waals surface area contributed by atoms with Crippen molar-refractivity contribution in [2.45, 2.75) is 20.0 Å². The minimum absolute atomic E-state index is 0.0661. The van der Waals surface area contributed by atoms with Crippen molar-refractivity contribution in [3.05, 3.63) is 40.0 Å². The maximum absolute atomic E-state index is 9.33. The van der Waals surface area contributed by atoms with E-state index in [9.17, 15) is 10.5 Å². The molecule has 0 atom stereocenters. The van der Waals surface area contributed by atoms with Crippen LogP contribution in [0.4, 0.5) is 5.82 Å². The number of pyridine rings is 1. The average Bonchev–Trinajstić information content (AvgIpc) is 2.47. The molecular formula is C16H14N4OS. The van der Waals surface area contributed by atoms with E-state index >= 15 is 0 Å². The normalized spacial score (nSPS) is 10.0.